The number of imidazole rings is 1. The largest absolute Gasteiger partial charge is 0.444 e. The Balaban J connectivity index is 1.91. The Labute approximate surface area is 184 Å². The fourth-order valence-corrected chi connectivity index (χ4v) is 3.92. The van der Waals surface area contributed by atoms with Crippen LogP contribution in [0.2, 0.25) is 0 Å². The summed E-state index contributed by atoms with van der Waals surface area (Å²) in [6, 6.07) is 6.95. The summed E-state index contributed by atoms with van der Waals surface area (Å²) >= 11 is 0. The number of anilines is 1. The van der Waals surface area contributed by atoms with Crippen LogP contribution in [0.1, 0.15) is 71.1 Å². The number of nitrogens with zero attached hydrogens (tertiary/aromatic N) is 2. The second-order valence-corrected chi connectivity index (χ2v) is 9.47. The first kappa shape index (κ1) is 22.8. The lowest BCUT2D eigenvalue weighted by molar-refractivity contribution is -0.122. The lowest BCUT2D eigenvalue weighted by Crippen LogP contribution is -2.52. The molecule has 3 rings (SSSR count). The fraction of sp³-hybridized carbons (Fsp3) is 0.542. The van der Waals surface area contributed by atoms with E-state index in [2.05, 4.69) is 22.2 Å². The van der Waals surface area contributed by atoms with Gasteiger partial charge in [0.15, 0.2) is 0 Å². The molecule has 0 fully saturated rings. The number of hydrogen-bond donors (Lipinski definition) is 2. The van der Waals surface area contributed by atoms with Crippen molar-refractivity contribution in [1.82, 2.24) is 15.3 Å². The molecule has 2 atom stereocenters. The number of aryl methyl sites for hydroxylation is 1. The maximum Gasteiger partial charge on any atom is 0.408 e. The number of fused-ring (bicyclic) bond motifs is 1. The van der Waals surface area contributed by atoms with Crippen molar-refractivity contribution in [2.24, 2.45) is 5.92 Å². The summed E-state index contributed by atoms with van der Waals surface area (Å²) in [7, 11) is 0. The van der Waals surface area contributed by atoms with Gasteiger partial charge in [-0.25, -0.2) is 9.78 Å². The van der Waals surface area contributed by atoms with E-state index < -0.39 is 17.7 Å². The standard InChI is InChI=1S/C24H34N4O3/c1-7-10-17-14-25-21(26-17)19-13-16-11-8-9-12-18(16)28(19)22(29)20(15(2)3)27-23(30)31-24(4,5)6/h8-9,11-12,14-15,19-20H,7,10,13H2,1-6H3,(H,25,26)(H,27,30). The predicted octanol–water partition coefficient (Wildman–Crippen LogP) is 4.54. The number of alkyl carbamates (subject to hydrolysis) is 1. The van der Waals surface area contributed by atoms with Crippen LogP contribution in [-0.4, -0.2) is 33.6 Å². The number of H-pyrrole nitrogens is 1. The van der Waals surface area contributed by atoms with E-state index in [0.717, 1.165) is 35.6 Å². The lowest BCUT2D eigenvalue weighted by atomic mass is 10.0. The molecule has 2 unspecified atom stereocenters. The van der Waals surface area contributed by atoms with E-state index in [1.807, 2.05) is 44.3 Å². The number of carbonyl (C=O) groups excluding carboxylic acids is 2. The molecule has 0 spiro atoms. The molecule has 168 valence electrons. The maximum atomic E-state index is 13.8. The van der Waals surface area contributed by atoms with Crippen molar-refractivity contribution >= 4 is 17.7 Å². The summed E-state index contributed by atoms with van der Waals surface area (Å²) in [5.41, 5.74) is 2.38. The van der Waals surface area contributed by atoms with Crippen molar-refractivity contribution in [2.45, 2.75) is 78.5 Å². The summed E-state index contributed by atoms with van der Waals surface area (Å²) in [4.78, 5) is 36.0. The minimum Gasteiger partial charge on any atom is -0.444 e. The Morgan fingerprint density at radius 1 is 1.29 bits per heavy atom. The van der Waals surface area contributed by atoms with E-state index in [0.29, 0.717) is 6.42 Å². The number of amides is 2. The molecule has 1 aliphatic rings. The Morgan fingerprint density at radius 3 is 2.65 bits per heavy atom. The minimum atomic E-state index is -0.714. The van der Waals surface area contributed by atoms with E-state index in [4.69, 9.17) is 4.74 Å². The Hall–Kier alpha value is -2.83. The molecule has 2 N–H and O–H groups in total. The number of hydrogen-bond acceptors (Lipinski definition) is 4. The zero-order valence-corrected chi connectivity index (χ0v) is 19.4. The van der Waals surface area contributed by atoms with Gasteiger partial charge in [-0.3, -0.25) is 9.69 Å². The average Bonchev–Trinajstić information content (AvgIpc) is 3.28. The monoisotopic (exact) mass is 426 g/mol. The molecule has 2 heterocycles. The highest BCUT2D eigenvalue weighted by Crippen LogP contribution is 2.40. The van der Waals surface area contributed by atoms with Gasteiger partial charge in [0.1, 0.15) is 17.5 Å². The van der Waals surface area contributed by atoms with Gasteiger partial charge in [-0.2, -0.15) is 0 Å². The van der Waals surface area contributed by atoms with E-state index >= 15 is 0 Å². The third-order valence-corrected chi connectivity index (χ3v) is 5.30. The predicted molar refractivity (Wildman–Crippen MR) is 121 cm³/mol. The minimum absolute atomic E-state index is 0.110. The van der Waals surface area contributed by atoms with Crippen LogP contribution in [0.15, 0.2) is 30.5 Å². The molecule has 0 saturated heterocycles. The van der Waals surface area contributed by atoms with Crippen LogP contribution >= 0.6 is 0 Å². The van der Waals surface area contributed by atoms with Crippen LogP contribution in [0.4, 0.5) is 10.5 Å². The highest BCUT2D eigenvalue weighted by Gasteiger charge is 2.40. The number of ether oxygens (including phenoxy) is 1. The molecule has 1 aromatic carbocycles. The smallest absolute Gasteiger partial charge is 0.408 e. The number of rotatable bonds is 6. The third-order valence-electron chi connectivity index (χ3n) is 5.30. The van der Waals surface area contributed by atoms with Crippen LogP contribution in [0.25, 0.3) is 0 Å². The van der Waals surface area contributed by atoms with Gasteiger partial charge in [-0.1, -0.05) is 45.4 Å². The van der Waals surface area contributed by atoms with Gasteiger partial charge in [0.25, 0.3) is 5.91 Å². The van der Waals surface area contributed by atoms with Crippen LogP contribution in [-0.2, 0) is 22.4 Å². The zero-order valence-electron chi connectivity index (χ0n) is 19.4. The summed E-state index contributed by atoms with van der Waals surface area (Å²) in [5, 5.41) is 2.80. The topological polar surface area (TPSA) is 87.3 Å². The summed E-state index contributed by atoms with van der Waals surface area (Å²) in [5.74, 6) is 0.498. The molecule has 7 nitrogen and oxygen atoms in total. The second kappa shape index (κ2) is 9.12. The SMILES string of the molecule is CCCc1cnc(C2Cc3ccccc3N2C(=O)C(NC(=O)OC(C)(C)C)C(C)C)[nH]1. The number of aromatic nitrogens is 2. The first-order valence-electron chi connectivity index (χ1n) is 11.0. The zero-order chi connectivity index (χ0) is 22.8. The first-order chi connectivity index (χ1) is 14.6. The second-order valence-electron chi connectivity index (χ2n) is 9.47. The molecule has 2 aromatic rings. The number of benzene rings is 1. The molecule has 1 aromatic heterocycles. The van der Waals surface area contributed by atoms with Gasteiger partial charge in [-0.05, 0) is 44.7 Å². The van der Waals surface area contributed by atoms with Crippen LogP contribution in [0.3, 0.4) is 0 Å². The van der Waals surface area contributed by atoms with Crippen molar-refractivity contribution in [3.8, 4) is 0 Å². The molecule has 0 saturated carbocycles. The van der Waals surface area contributed by atoms with Crippen molar-refractivity contribution in [3.63, 3.8) is 0 Å². The van der Waals surface area contributed by atoms with Crippen LogP contribution < -0.4 is 10.2 Å². The molecular weight excluding hydrogens is 392 g/mol. The molecule has 0 bridgehead atoms. The number of aromatic amines is 1. The Morgan fingerprint density at radius 2 is 2.00 bits per heavy atom. The molecule has 0 radical (unpaired) electrons. The third kappa shape index (κ3) is 5.27. The number of nitrogens with one attached hydrogen (secondary N) is 2. The molecule has 0 aliphatic carbocycles. The quantitative estimate of drug-likeness (QED) is 0.710. The molecule has 7 heteroatoms. The van der Waals surface area contributed by atoms with E-state index in [-0.39, 0.29) is 17.9 Å². The number of para-hydroxylation sites is 1. The first-order valence-corrected chi connectivity index (χ1v) is 11.0. The van der Waals surface area contributed by atoms with Gasteiger partial charge in [0, 0.05) is 24.0 Å². The highest BCUT2D eigenvalue weighted by molar-refractivity contribution is 6.01. The molecule has 1 aliphatic heterocycles. The number of carbonyl (C=O) groups is 2. The summed E-state index contributed by atoms with van der Waals surface area (Å²) in [6.45, 7) is 11.4. The van der Waals surface area contributed by atoms with Crippen molar-refractivity contribution < 1.29 is 14.3 Å². The Kier molecular flexibility index (Phi) is 6.72. The van der Waals surface area contributed by atoms with E-state index in [9.17, 15) is 9.59 Å². The lowest BCUT2D eigenvalue weighted by Gasteiger charge is -2.31. The van der Waals surface area contributed by atoms with Crippen molar-refractivity contribution in [1.29, 1.82) is 0 Å². The van der Waals surface area contributed by atoms with E-state index in [1.165, 1.54) is 0 Å². The van der Waals surface area contributed by atoms with Gasteiger partial charge >= 0.3 is 6.09 Å². The summed E-state index contributed by atoms with van der Waals surface area (Å²) < 4.78 is 5.40. The fourth-order valence-electron chi connectivity index (χ4n) is 3.92. The van der Waals surface area contributed by atoms with Gasteiger partial charge < -0.3 is 15.0 Å². The molecular formula is C24H34N4O3. The highest BCUT2D eigenvalue weighted by atomic mass is 16.6. The van der Waals surface area contributed by atoms with E-state index in [1.54, 1.807) is 25.7 Å². The summed E-state index contributed by atoms with van der Waals surface area (Å²) in [6.07, 6.45) is 3.87. The Bertz CT molecular complexity index is 929. The molecule has 31 heavy (non-hydrogen) atoms. The van der Waals surface area contributed by atoms with Crippen LogP contribution in [0, 0.1) is 5.92 Å². The maximum absolute atomic E-state index is 13.8. The van der Waals surface area contributed by atoms with Crippen molar-refractivity contribution in [2.75, 3.05) is 4.90 Å². The van der Waals surface area contributed by atoms with Gasteiger partial charge in [0.2, 0.25) is 0 Å². The van der Waals surface area contributed by atoms with Crippen molar-refractivity contribution in [3.05, 3.63) is 47.5 Å². The van der Waals surface area contributed by atoms with Gasteiger partial charge in [0.05, 0.1) is 6.04 Å². The van der Waals surface area contributed by atoms with Gasteiger partial charge in [-0.15, -0.1) is 0 Å². The normalized spacial score (nSPS) is 16.9. The van der Waals surface area contributed by atoms with Crippen LogP contribution in [0.5, 0.6) is 0 Å². The molecule has 2 amide bonds. The average molecular weight is 427 g/mol.